The fourth-order valence-electron chi connectivity index (χ4n) is 2.64. The van der Waals surface area contributed by atoms with Crippen molar-refractivity contribution in [3.8, 4) is 0 Å². The van der Waals surface area contributed by atoms with E-state index in [-0.39, 0.29) is 18.0 Å². The third-order valence-corrected chi connectivity index (χ3v) is 4.12. The standard InChI is InChI=1S/C21H19N3O6/c1-29-20(27)14-7-9-15(10-8-14)22-18(25)13-30-21(28)17-11-12-19(26)24(23-17)16-5-3-2-4-6-16/h2-11,23H,12-13H2,1H3,(H,22,25). The molecule has 1 aliphatic heterocycles. The van der Waals surface area contributed by atoms with Gasteiger partial charge in [0.05, 0.1) is 18.4 Å². The highest BCUT2D eigenvalue weighted by Gasteiger charge is 2.25. The minimum Gasteiger partial charge on any atom is -0.465 e. The number of nitrogens with one attached hydrogen (secondary N) is 2. The van der Waals surface area contributed by atoms with E-state index >= 15 is 0 Å². The summed E-state index contributed by atoms with van der Waals surface area (Å²) < 4.78 is 9.62. The average molecular weight is 409 g/mol. The van der Waals surface area contributed by atoms with Gasteiger partial charge in [-0.15, -0.1) is 0 Å². The van der Waals surface area contributed by atoms with Gasteiger partial charge in [0.15, 0.2) is 6.61 Å². The second-order valence-electron chi connectivity index (χ2n) is 6.19. The Kier molecular flexibility index (Phi) is 6.43. The normalized spacial score (nSPS) is 13.0. The molecule has 0 aromatic heterocycles. The Hall–Kier alpha value is -4.14. The molecule has 0 saturated carbocycles. The van der Waals surface area contributed by atoms with E-state index in [0.29, 0.717) is 16.9 Å². The molecule has 0 spiro atoms. The summed E-state index contributed by atoms with van der Waals surface area (Å²) in [5.41, 5.74) is 4.12. The van der Waals surface area contributed by atoms with Crippen molar-refractivity contribution in [1.29, 1.82) is 0 Å². The van der Waals surface area contributed by atoms with Crippen molar-refractivity contribution in [1.82, 2.24) is 5.43 Å². The zero-order valence-electron chi connectivity index (χ0n) is 16.1. The lowest BCUT2D eigenvalue weighted by atomic mass is 10.2. The SMILES string of the molecule is COC(=O)c1ccc(NC(=O)COC(=O)C2=CCC(=O)N(c3ccccc3)N2)cc1. The molecule has 1 heterocycles. The fourth-order valence-corrected chi connectivity index (χ4v) is 2.64. The predicted molar refractivity (Wildman–Crippen MR) is 107 cm³/mol. The zero-order valence-corrected chi connectivity index (χ0v) is 16.1. The summed E-state index contributed by atoms with van der Waals surface area (Å²) in [6, 6.07) is 14.8. The van der Waals surface area contributed by atoms with Gasteiger partial charge in [-0.25, -0.2) is 14.6 Å². The molecule has 3 rings (SSSR count). The Bertz CT molecular complexity index is 986. The van der Waals surface area contributed by atoms with E-state index in [4.69, 9.17) is 4.74 Å². The predicted octanol–water partition coefficient (Wildman–Crippen LogP) is 1.78. The lowest BCUT2D eigenvalue weighted by Crippen LogP contribution is -2.47. The molecule has 154 valence electrons. The van der Waals surface area contributed by atoms with Crippen LogP contribution in [0.2, 0.25) is 0 Å². The molecule has 0 unspecified atom stereocenters. The number of esters is 2. The molecule has 0 radical (unpaired) electrons. The van der Waals surface area contributed by atoms with Crippen molar-refractivity contribution in [3.05, 3.63) is 71.9 Å². The van der Waals surface area contributed by atoms with Gasteiger partial charge < -0.3 is 14.8 Å². The van der Waals surface area contributed by atoms with Crippen LogP contribution < -0.4 is 15.8 Å². The molecule has 30 heavy (non-hydrogen) atoms. The average Bonchev–Trinajstić information content (AvgIpc) is 2.78. The number of nitrogens with zero attached hydrogens (tertiary/aromatic N) is 1. The molecular formula is C21H19N3O6. The zero-order chi connectivity index (χ0) is 21.5. The fraction of sp³-hybridized carbons (Fsp3) is 0.143. The second-order valence-corrected chi connectivity index (χ2v) is 6.19. The molecule has 9 heteroatoms. The number of ether oxygens (including phenoxy) is 2. The third kappa shape index (κ3) is 5.02. The number of hydrogen-bond acceptors (Lipinski definition) is 7. The van der Waals surface area contributed by atoms with E-state index < -0.39 is 24.5 Å². The Labute approximate surface area is 172 Å². The van der Waals surface area contributed by atoms with Crippen molar-refractivity contribution in [2.75, 3.05) is 24.0 Å². The second kappa shape index (κ2) is 9.37. The Morgan fingerprint density at radius 2 is 1.73 bits per heavy atom. The summed E-state index contributed by atoms with van der Waals surface area (Å²) in [5.74, 6) is -2.04. The van der Waals surface area contributed by atoms with Crippen LogP contribution >= 0.6 is 0 Å². The van der Waals surface area contributed by atoms with Crippen LogP contribution in [0, 0.1) is 0 Å². The highest BCUT2D eigenvalue weighted by molar-refractivity contribution is 6.00. The maximum absolute atomic E-state index is 12.3. The number of methoxy groups -OCH3 is 1. The lowest BCUT2D eigenvalue weighted by Gasteiger charge is -2.28. The van der Waals surface area contributed by atoms with E-state index in [0.717, 1.165) is 0 Å². The van der Waals surface area contributed by atoms with Gasteiger partial charge in [0.2, 0.25) is 5.91 Å². The number of amides is 2. The molecule has 0 fully saturated rings. The molecular weight excluding hydrogens is 390 g/mol. The van der Waals surface area contributed by atoms with Crippen molar-refractivity contribution in [2.24, 2.45) is 0 Å². The molecule has 2 N–H and O–H groups in total. The monoisotopic (exact) mass is 409 g/mol. The van der Waals surface area contributed by atoms with E-state index in [1.807, 2.05) is 6.07 Å². The van der Waals surface area contributed by atoms with Gasteiger partial charge >= 0.3 is 11.9 Å². The van der Waals surface area contributed by atoms with Crippen LogP contribution in [0.25, 0.3) is 0 Å². The summed E-state index contributed by atoms with van der Waals surface area (Å²) >= 11 is 0. The maximum Gasteiger partial charge on any atom is 0.356 e. The molecule has 0 bridgehead atoms. The van der Waals surface area contributed by atoms with Crippen LogP contribution in [-0.2, 0) is 23.9 Å². The number of carbonyl (C=O) groups is 4. The first-order valence-electron chi connectivity index (χ1n) is 8.98. The van der Waals surface area contributed by atoms with E-state index in [1.54, 1.807) is 24.3 Å². The van der Waals surface area contributed by atoms with Crippen LogP contribution in [0.15, 0.2) is 66.4 Å². The van der Waals surface area contributed by atoms with Crippen molar-refractivity contribution < 1.29 is 28.7 Å². The Balaban J connectivity index is 1.53. The van der Waals surface area contributed by atoms with Crippen molar-refractivity contribution in [2.45, 2.75) is 6.42 Å². The Morgan fingerprint density at radius 1 is 1.03 bits per heavy atom. The first-order valence-corrected chi connectivity index (χ1v) is 8.98. The number of benzene rings is 2. The highest BCUT2D eigenvalue weighted by atomic mass is 16.5. The Morgan fingerprint density at radius 3 is 2.40 bits per heavy atom. The van der Waals surface area contributed by atoms with Crippen LogP contribution in [0.4, 0.5) is 11.4 Å². The quantitative estimate of drug-likeness (QED) is 0.699. The van der Waals surface area contributed by atoms with Crippen molar-refractivity contribution >= 4 is 35.1 Å². The number of hydrazine groups is 1. The molecule has 0 atom stereocenters. The van der Waals surface area contributed by atoms with E-state index in [1.165, 1.54) is 42.5 Å². The number of anilines is 2. The first-order chi connectivity index (χ1) is 14.5. The van der Waals surface area contributed by atoms with Gasteiger partial charge in [0, 0.05) is 12.1 Å². The number of hydrogen-bond donors (Lipinski definition) is 2. The lowest BCUT2D eigenvalue weighted by molar-refractivity contribution is -0.143. The van der Waals surface area contributed by atoms with Gasteiger partial charge in [-0.1, -0.05) is 18.2 Å². The van der Waals surface area contributed by atoms with Crippen LogP contribution in [-0.4, -0.2) is 37.5 Å². The van der Waals surface area contributed by atoms with E-state index in [2.05, 4.69) is 15.5 Å². The topological polar surface area (TPSA) is 114 Å². The van der Waals surface area contributed by atoms with Gasteiger partial charge in [-0.2, -0.15) is 0 Å². The summed E-state index contributed by atoms with van der Waals surface area (Å²) in [4.78, 5) is 47.8. The minimum atomic E-state index is -0.764. The molecule has 2 amide bonds. The van der Waals surface area contributed by atoms with Gasteiger partial charge in [-0.3, -0.25) is 15.0 Å². The smallest absolute Gasteiger partial charge is 0.356 e. The van der Waals surface area contributed by atoms with Crippen molar-refractivity contribution in [3.63, 3.8) is 0 Å². The first kappa shape index (κ1) is 20.6. The molecule has 2 aromatic rings. The largest absolute Gasteiger partial charge is 0.465 e. The van der Waals surface area contributed by atoms with Crippen LogP contribution in [0.3, 0.4) is 0 Å². The number of carbonyl (C=O) groups excluding carboxylic acids is 4. The van der Waals surface area contributed by atoms with Crippen LogP contribution in [0.5, 0.6) is 0 Å². The summed E-state index contributed by atoms with van der Waals surface area (Å²) in [6.07, 6.45) is 1.43. The molecule has 0 aliphatic carbocycles. The van der Waals surface area contributed by atoms with Gasteiger partial charge in [-0.05, 0) is 42.5 Å². The minimum absolute atomic E-state index is 0.0189. The summed E-state index contributed by atoms with van der Waals surface area (Å²) in [6.45, 7) is -0.518. The molecule has 0 saturated heterocycles. The van der Waals surface area contributed by atoms with Crippen LogP contribution in [0.1, 0.15) is 16.8 Å². The summed E-state index contributed by atoms with van der Waals surface area (Å²) in [7, 11) is 1.28. The highest BCUT2D eigenvalue weighted by Crippen LogP contribution is 2.17. The molecule has 9 nitrogen and oxygen atoms in total. The maximum atomic E-state index is 12.3. The number of para-hydroxylation sites is 1. The molecule has 1 aliphatic rings. The number of rotatable bonds is 6. The van der Waals surface area contributed by atoms with E-state index in [9.17, 15) is 19.2 Å². The van der Waals surface area contributed by atoms with Gasteiger partial charge in [0.1, 0.15) is 5.70 Å². The van der Waals surface area contributed by atoms with Gasteiger partial charge in [0.25, 0.3) is 5.91 Å². The third-order valence-electron chi connectivity index (χ3n) is 4.12. The summed E-state index contributed by atoms with van der Waals surface area (Å²) in [5, 5.41) is 3.80. The molecule has 2 aromatic carbocycles.